The van der Waals surface area contributed by atoms with E-state index in [-0.39, 0.29) is 7.60 Å². The first-order chi connectivity index (χ1) is 16.7. The van der Waals surface area contributed by atoms with Crippen LogP contribution in [0.1, 0.15) is 54.1 Å². The molecule has 0 aliphatic carbocycles. The van der Waals surface area contributed by atoms with Crippen LogP contribution in [0.25, 0.3) is 0 Å². The summed E-state index contributed by atoms with van der Waals surface area (Å²) in [6.45, 7) is 12.1. The van der Waals surface area contributed by atoms with E-state index >= 15 is 0 Å². The van der Waals surface area contributed by atoms with Crippen molar-refractivity contribution >= 4 is 33.1 Å². The number of carbonyl (C=O) groups excluding carboxylic acids is 2. The van der Waals surface area contributed by atoms with Crippen LogP contribution in [0.15, 0.2) is 84.9 Å². The third kappa shape index (κ3) is 4.40. The Bertz CT molecular complexity index is 1260. The van der Waals surface area contributed by atoms with Gasteiger partial charge in [0.15, 0.2) is 0 Å². The number of hydrogen-bond acceptors (Lipinski definition) is 2. The Morgan fingerprint density at radius 1 is 0.486 bits per heavy atom. The molecule has 0 spiro atoms. The first-order valence-electron chi connectivity index (χ1n) is 12.0. The molecule has 4 aromatic rings. The molecular formula is C32H32O2Sn. The van der Waals surface area contributed by atoms with Crippen molar-refractivity contribution in [3.05, 3.63) is 129 Å². The molecule has 0 atom stereocenters. The van der Waals surface area contributed by atoms with Gasteiger partial charge in [-0.2, -0.15) is 0 Å². The Labute approximate surface area is 212 Å². The summed E-state index contributed by atoms with van der Waals surface area (Å²) in [5.41, 5.74) is 7.39. The third-order valence-electron chi connectivity index (χ3n) is 6.90. The molecule has 0 N–H and O–H groups in total. The molecule has 176 valence electrons. The molecular weight excluding hydrogens is 535 g/mol. The van der Waals surface area contributed by atoms with Crippen molar-refractivity contribution in [2.45, 2.75) is 41.5 Å². The van der Waals surface area contributed by atoms with E-state index in [0.717, 1.165) is 40.5 Å². The summed E-state index contributed by atoms with van der Waals surface area (Å²) < 4.78 is 1.83. The molecule has 4 rings (SSSR count). The second-order valence-corrected chi connectivity index (χ2v) is 19.9. The molecule has 0 saturated carbocycles. The van der Waals surface area contributed by atoms with Gasteiger partial charge in [0.2, 0.25) is 0 Å². The molecule has 0 radical (unpaired) electrons. The molecule has 2 nitrogen and oxygen atoms in total. The van der Waals surface area contributed by atoms with E-state index in [1.807, 2.05) is 102 Å². The summed E-state index contributed by atoms with van der Waals surface area (Å²) in [5, 5.41) is 0. The van der Waals surface area contributed by atoms with Gasteiger partial charge in [-0.05, 0) is 0 Å². The van der Waals surface area contributed by atoms with Gasteiger partial charge in [-0.25, -0.2) is 0 Å². The first kappa shape index (κ1) is 25.1. The van der Waals surface area contributed by atoms with E-state index < -0.39 is 18.4 Å². The fourth-order valence-electron chi connectivity index (χ4n) is 5.62. The summed E-state index contributed by atoms with van der Waals surface area (Å²) in [7, 11) is 0. The maximum atomic E-state index is 15.0. The van der Waals surface area contributed by atoms with Gasteiger partial charge in [0, 0.05) is 0 Å². The molecule has 3 heteroatoms. The maximum absolute atomic E-state index is 15.0. The Morgan fingerprint density at radius 3 is 1.06 bits per heavy atom. The van der Waals surface area contributed by atoms with Gasteiger partial charge in [-0.1, -0.05) is 0 Å². The van der Waals surface area contributed by atoms with E-state index in [2.05, 4.69) is 24.3 Å². The van der Waals surface area contributed by atoms with Crippen LogP contribution in [0.2, 0.25) is 0 Å². The van der Waals surface area contributed by atoms with Gasteiger partial charge < -0.3 is 0 Å². The molecule has 0 heterocycles. The van der Waals surface area contributed by atoms with E-state index in [4.69, 9.17) is 0 Å². The number of hydrogen-bond donors (Lipinski definition) is 0. The van der Waals surface area contributed by atoms with Crippen LogP contribution < -0.4 is 7.16 Å². The molecule has 4 aromatic carbocycles. The molecule has 0 fully saturated rings. The Hall–Kier alpha value is -2.98. The fourth-order valence-corrected chi connectivity index (χ4v) is 18.5. The zero-order valence-electron chi connectivity index (χ0n) is 21.4. The predicted molar refractivity (Wildman–Crippen MR) is 148 cm³/mol. The SMILES string of the molecule is Cc1cc(C)c([C](=O)[Sn]([C](=O)c2c(C)cc(C)cc2C)([c]2ccccc2)[c]2ccccc2)c(C)c1. The Kier molecular flexibility index (Phi) is 7.14. The van der Waals surface area contributed by atoms with Gasteiger partial charge in [-0.3, -0.25) is 0 Å². The van der Waals surface area contributed by atoms with Crippen molar-refractivity contribution in [2.75, 3.05) is 0 Å². The second-order valence-electron chi connectivity index (χ2n) is 9.69. The minimum absolute atomic E-state index is 0.0241. The average molecular weight is 567 g/mol. The average Bonchev–Trinajstić information content (AvgIpc) is 2.80. The Morgan fingerprint density at radius 2 is 0.771 bits per heavy atom. The summed E-state index contributed by atoms with van der Waals surface area (Å²) >= 11 is -4.78. The van der Waals surface area contributed by atoms with E-state index in [9.17, 15) is 9.59 Å². The quantitative estimate of drug-likeness (QED) is 0.270. The van der Waals surface area contributed by atoms with Crippen LogP contribution in [0.3, 0.4) is 0 Å². The molecule has 0 saturated heterocycles. The van der Waals surface area contributed by atoms with Crippen LogP contribution in [0, 0.1) is 41.5 Å². The third-order valence-corrected chi connectivity index (χ3v) is 19.1. The van der Waals surface area contributed by atoms with Gasteiger partial charge in [-0.15, -0.1) is 0 Å². The van der Waals surface area contributed by atoms with Crippen molar-refractivity contribution < 1.29 is 9.59 Å². The van der Waals surface area contributed by atoms with E-state index in [0.29, 0.717) is 11.1 Å². The molecule has 0 aliphatic rings. The monoisotopic (exact) mass is 568 g/mol. The number of carbonyl (C=O) groups is 2. The van der Waals surface area contributed by atoms with Crippen LogP contribution in [-0.2, 0) is 0 Å². The fraction of sp³-hybridized carbons (Fsp3) is 0.188. The molecule has 0 bridgehead atoms. The number of benzene rings is 4. The van der Waals surface area contributed by atoms with Crippen molar-refractivity contribution in [3.8, 4) is 0 Å². The topological polar surface area (TPSA) is 34.1 Å². The normalized spacial score (nSPS) is 11.4. The van der Waals surface area contributed by atoms with Crippen LogP contribution in [-0.4, -0.2) is 26.0 Å². The zero-order valence-corrected chi connectivity index (χ0v) is 24.3. The molecule has 0 aromatic heterocycles. The second kappa shape index (κ2) is 9.94. The summed E-state index contributed by atoms with van der Waals surface area (Å²) in [4.78, 5) is 30.0. The van der Waals surface area contributed by atoms with Crippen LogP contribution in [0.5, 0.6) is 0 Å². The molecule has 0 unspecified atom stereocenters. The molecule has 35 heavy (non-hydrogen) atoms. The standard InChI is InChI=1S/2C10H11O.2C6H5.Sn/c2*1-7-4-8(2)10(6-11)9(3)5-7;2*1-2-4-6-5-3-1;/h2*4-5H,1-3H3;2*1-5H;. The van der Waals surface area contributed by atoms with E-state index in [1.165, 1.54) is 0 Å². The Balaban J connectivity index is 2.15. The van der Waals surface area contributed by atoms with Crippen molar-refractivity contribution in [3.63, 3.8) is 0 Å². The number of aryl methyl sites for hydroxylation is 6. The van der Waals surface area contributed by atoms with Gasteiger partial charge in [0.25, 0.3) is 0 Å². The van der Waals surface area contributed by atoms with Crippen molar-refractivity contribution in [1.82, 2.24) is 0 Å². The first-order valence-corrected chi connectivity index (χ1v) is 17.7. The summed E-state index contributed by atoms with van der Waals surface area (Å²) in [6.07, 6.45) is 0. The van der Waals surface area contributed by atoms with Gasteiger partial charge in [0.05, 0.1) is 0 Å². The molecule has 0 aliphatic heterocycles. The van der Waals surface area contributed by atoms with Crippen molar-refractivity contribution in [2.24, 2.45) is 0 Å². The summed E-state index contributed by atoms with van der Waals surface area (Å²) in [6, 6.07) is 27.9. The molecule has 0 amide bonds. The van der Waals surface area contributed by atoms with Gasteiger partial charge in [0.1, 0.15) is 0 Å². The van der Waals surface area contributed by atoms with E-state index in [1.54, 1.807) is 0 Å². The van der Waals surface area contributed by atoms with Crippen LogP contribution >= 0.6 is 0 Å². The summed E-state index contributed by atoms with van der Waals surface area (Å²) in [5.74, 6) is 0. The van der Waals surface area contributed by atoms with Gasteiger partial charge >= 0.3 is 214 Å². The number of rotatable bonds is 6. The van der Waals surface area contributed by atoms with Crippen LogP contribution in [0.4, 0.5) is 0 Å². The minimum atomic E-state index is -4.78. The predicted octanol–water partition coefficient (Wildman–Crippen LogP) is 5.94. The van der Waals surface area contributed by atoms with Crippen molar-refractivity contribution in [1.29, 1.82) is 0 Å². The zero-order chi connectivity index (χ0) is 25.3.